The number of urea groups is 1. The Labute approximate surface area is 123 Å². The van der Waals surface area contributed by atoms with Gasteiger partial charge in [0.2, 0.25) is 0 Å². The second kappa shape index (κ2) is 6.72. The number of hydrazone groups is 1. The fourth-order valence-corrected chi connectivity index (χ4v) is 2.58. The van der Waals surface area contributed by atoms with Gasteiger partial charge in [-0.1, -0.05) is 30.3 Å². The highest BCUT2D eigenvalue weighted by Gasteiger charge is 2.39. The van der Waals surface area contributed by atoms with Crippen LogP contribution in [0.5, 0.6) is 0 Å². The summed E-state index contributed by atoms with van der Waals surface area (Å²) in [5, 5.41) is 3.99. The maximum Gasteiger partial charge on any atom is 0.332 e. The summed E-state index contributed by atoms with van der Waals surface area (Å²) in [5.74, 6) is 0.587. The van der Waals surface area contributed by atoms with Crippen molar-refractivity contribution in [2.75, 3.05) is 12.5 Å². The van der Waals surface area contributed by atoms with Crippen LogP contribution in [0.4, 0.5) is 4.79 Å². The third-order valence-corrected chi connectivity index (χ3v) is 3.61. The van der Waals surface area contributed by atoms with E-state index in [4.69, 9.17) is 22.1 Å². The number of nitrogens with zero attached hydrogens (tertiary/aromatic N) is 1. The zero-order valence-corrected chi connectivity index (χ0v) is 11.9. The maximum absolute atomic E-state index is 10.7. The van der Waals surface area contributed by atoms with Crippen LogP contribution < -0.4 is 11.2 Å². The van der Waals surface area contributed by atoms with Gasteiger partial charge < -0.3 is 10.5 Å². The highest BCUT2D eigenvalue weighted by Crippen LogP contribution is 2.39. The maximum atomic E-state index is 10.7. The van der Waals surface area contributed by atoms with E-state index in [1.165, 1.54) is 0 Å². The van der Waals surface area contributed by atoms with E-state index in [1.54, 1.807) is 0 Å². The standard InChI is InChI=1S/C14H18ClN3O2/c15-8-4-7-14(11-5-2-1-3-6-11)9-12(10-20-14)17-18-13(16)19/h1-3,5-6H,4,7-10H2,(H3,16,18,19)/b17-12-. The molecule has 0 aliphatic carbocycles. The summed E-state index contributed by atoms with van der Waals surface area (Å²) in [6.07, 6.45) is 2.30. The molecule has 0 saturated carbocycles. The topological polar surface area (TPSA) is 76.7 Å². The van der Waals surface area contributed by atoms with E-state index >= 15 is 0 Å². The Morgan fingerprint density at radius 3 is 2.85 bits per heavy atom. The summed E-state index contributed by atoms with van der Waals surface area (Å²) < 4.78 is 5.99. The Kier molecular flexibility index (Phi) is 4.98. The smallest absolute Gasteiger partial charge is 0.332 e. The number of hydrogen-bond acceptors (Lipinski definition) is 3. The van der Waals surface area contributed by atoms with Gasteiger partial charge >= 0.3 is 6.03 Å². The Bertz CT molecular complexity index is 492. The molecule has 6 heteroatoms. The monoisotopic (exact) mass is 295 g/mol. The Hall–Kier alpha value is -1.59. The van der Waals surface area contributed by atoms with E-state index in [9.17, 15) is 4.79 Å². The Morgan fingerprint density at radius 2 is 2.20 bits per heavy atom. The van der Waals surface area contributed by atoms with Crippen molar-refractivity contribution in [2.45, 2.75) is 24.9 Å². The number of nitrogens with two attached hydrogens (primary N) is 1. The van der Waals surface area contributed by atoms with Crippen LogP contribution in [0.15, 0.2) is 35.4 Å². The molecule has 1 aromatic rings. The second-order valence-corrected chi connectivity index (χ2v) is 5.15. The zero-order valence-electron chi connectivity index (χ0n) is 11.1. The number of amides is 2. The molecular formula is C14H18ClN3O2. The van der Waals surface area contributed by atoms with Gasteiger partial charge in [-0.3, -0.25) is 0 Å². The normalized spacial score (nSPS) is 23.9. The lowest BCUT2D eigenvalue weighted by Crippen LogP contribution is -2.27. The van der Waals surface area contributed by atoms with Crippen molar-refractivity contribution in [1.29, 1.82) is 0 Å². The molecule has 0 spiro atoms. The van der Waals surface area contributed by atoms with Gasteiger partial charge in [-0.25, -0.2) is 10.2 Å². The van der Waals surface area contributed by atoms with Crippen LogP contribution >= 0.6 is 11.6 Å². The number of nitrogens with one attached hydrogen (secondary N) is 1. The third-order valence-electron chi connectivity index (χ3n) is 3.34. The number of benzene rings is 1. The first-order valence-corrected chi connectivity index (χ1v) is 7.06. The quantitative estimate of drug-likeness (QED) is 0.646. The van der Waals surface area contributed by atoms with Crippen LogP contribution in [0.3, 0.4) is 0 Å². The van der Waals surface area contributed by atoms with Crippen molar-refractivity contribution >= 4 is 23.3 Å². The van der Waals surface area contributed by atoms with E-state index in [0.29, 0.717) is 18.9 Å². The number of ether oxygens (including phenoxy) is 1. The summed E-state index contributed by atoms with van der Waals surface area (Å²) in [4.78, 5) is 10.7. The van der Waals surface area contributed by atoms with E-state index in [0.717, 1.165) is 24.1 Å². The summed E-state index contributed by atoms with van der Waals surface area (Å²) in [7, 11) is 0. The molecule has 1 unspecified atom stereocenters. The van der Waals surface area contributed by atoms with Crippen LogP contribution in [0.2, 0.25) is 0 Å². The molecule has 1 fully saturated rings. The molecule has 1 heterocycles. The number of primary amides is 1. The lowest BCUT2D eigenvalue weighted by atomic mass is 9.86. The third kappa shape index (κ3) is 3.49. The van der Waals surface area contributed by atoms with Crippen molar-refractivity contribution in [3.05, 3.63) is 35.9 Å². The molecule has 0 bridgehead atoms. The summed E-state index contributed by atoms with van der Waals surface area (Å²) in [6, 6.07) is 9.35. The molecule has 1 aliphatic rings. The first-order chi connectivity index (χ1) is 9.66. The van der Waals surface area contributed by atoms with E-state index in [2.05, 4.69) is 10.5 Å². The highest BCUT2D eigenvalue weighted by molar-refractivity contribution is 6.17. The predicted octanol–water partition coefficient (Wildman–Crippen LogP) is 2.35. The number of carbonyl (C=O) groups excluding carboxylic acids is 1. The molecule has 108 valence electrons. The van der Waals surface area contributed by atoms with Gasteiger partial charge in [0.15, 0.2) is 0 Å². The fraction of sp³-hybridized carbons (Fsp3) is 0.429. The van der Waals surface area contributed by atoms with Crippen molar-refractivity contribution in [3.63, 3.8) is 0 Å². The van der Waals surface area contributed by atoms with Crippen molar-refractivity contribution in [1.82, 2.24) is 5.43 Å². The molecule has 1 saturated heterocycles. The first kappa shape index (κ1) is 14.8. The largest absolute Gasteiger partial charge is 0.364 e. The molecule has 2 amide bonds. The minimum Gasteiger partial charge on any atom is -0.364 e. The van der Waals surface area contributed by atoms with Gasteiger partial charge in [0.25, 0.3) is 0 Å². The zero-order chi connectivity index (χ0) is 14.4. The van der Waals surface area contributed by atoms with Crippen molar-refractivity contribution in [2.24, 2.45) is 10.8 Å². The fourth-order valence-electron chi connectivity index (χ4n) is 2.44. The lowest BCUT2D eigenvalue weighted by Gasteiger charge is -2.28. The average molecular weight is 296 g/mol. The summed E-state index contributed by atoms with van der Waals surface area (Å²) >= 11 is 5.81. The molecule has 3 N–H and O–H groups in total. The van der Waals surface area contributed by atoms with E-state index < -0.39 is 11.6 Å². The predicted molar refractivity (Wildman–Crippen MR) is 78.8 cm³/mol. The molecule has 1 aromatic carbocycles. The Balaban J connectivity index is 2.18. The van der Waals surface area contributed by atoms with Gasteiger partial charge in [-0.2, -0.15) is 5.10 Å². The van der Waals surface area contributed by atoms with Crippen molar-refractivity contribution < 1.29 is 9.53 Å². The first-order valence-electron chi connectivity index (χ1n) is 6.52. The van der Waals surface area contributed by atoms with Crippen LogP contribution in [0, 0.1) is 0 Å². The number of halogens is 1. The minimum atomic E-state index is -0.671. The lowest BCUT2D eigenvalue weighted by molar-refractivity contribution is -0.00660. The second-order valence-electron chi connectivity index (χ2n) is 4.77. The summed E-state index contributed by atoms with van der Waals surface area (Å²) in [6.45, 7) is 0.386. The summed E-state index contributed by atoms with van der Waals surface area (Å²) in [5.41, 5.74) is 8.74. The van der Waals surface area contributed by atoms with Crippen LogP contribution in [-0.2, 0) is 10.3 Å². The molecule has 20 heavy (non-hydrogen) atoms. The number of rotatable bonds is 5. The molecule has 0 radical (unpaired) electrons. The van der Waals surface area contributed by atoms with Crippen LogP contribution in [0.25, 0.3) is 0 Å². The average Bonchev–Trinajstić information content (AvgIpc) is 2.89. The number of hydrogen-bond donors (Lipinski definition) is 2. The van der Waals surface area contributed by atoms with Gasteiger partial charge in [0, 0.05) is 12.3 Å². The Morgan fingerprint density at radius 1 is 1.45 bits per heavy atom. The van der Waals surface area contributed by atoms with Gasteiger partial charge in [0.05, 0.1) is 17.9 Å². The molecular weight excluding hydrogens is 278 g/mol. The minimum absolute atomic E-state index is 0.386. The van der Waals surface area contributed by atoms with Crippen LogP contribution in [0.1, 0.15) is 24.8 Å². The molecule has 1 aliphatic heterocycles. The van der Waals surface area contributed by atoms with Gasteiger partial charge in [-0.15, -0.1) is 11.6 Å². The highest BCUT2D eigenvalue weighted by atomic mass is 35.5. The van der Waals surface area contributed by atoms with E-state index in [1.807, 2.05) is 30.3 Å². The van der Waals surface area contributed by atoms with Crippen molar-refractivity contribution in [3.8, 4) is 0 Å². The molecule has 1 atom stereocenters. The van der Waals surface area contributed by atoms with E-state index in [-0.39, 0.29) is 0 Å². The molecule has 5 nitrogen and oxygen atoms in total. The number of alkyl halides is 1. The van der Waals surface area contributed by atoms with Crippen LogP contribution in [-0.4, -0.2) is 24.2 Å². The number of carbonyl (C=O) groups is 1. The molecule has 0 aromatic heterocycles. The van der Waals surface area contributed by atoms with Gasteiger partial charge in [0.1, 0.15) is 0 Å². The van der Waals surface area contributed by atoms with Gasteiger partial charge in [-0.05, 0) is 18.4 Å². The SMILES string of the molecule is NC(=O)N/N=C1\COC(CCCCl)(c2ccccc2)C1. The molecule has 2 rings (SSSR count).